The first-order chi connectivity index (χ1) is 14.4. The summed E-state index contributed by atoms with van der Waals surface area (Å²) < 4.78 is 5.50. The molecule has 1 aromatic rings. The van der Waals surface area contributed by atoms with Crippen molar-refractivity contribution in [2.45, 2.75) is 18.9 Å². The van der Waals surface area contributed by atoms with Gasteiger partial charge < -0.3 is 9.64 Å². The lowest BCUT2D eigenvalue weighted by atomic mass is 9.97. The quantitative estimate of drug-likeness (QED) is 0.707. The van der Waals surface area contributed by atoms with E-state index < -0.39 is 11.9 Å². The van der Waals surface area contributed by atoms with Crippen LogP contribution in [0.2, 0.25) is 10.0 Å². The molecule has 30 heavy (non-hydrogen) atoms. The van der Waals surface area contributed by atoms with E-state index >= 15 is 0 Å². The fourth-order valence-electron chi connectivity index (χ4n) is 3.67. The molecule has 1 unspecified atom stereocenters. The van der Waals surface area contributed by atoms with E-state index in [4.69, 9.17) is 27.9 Å². The zero-order valence-corrected chi connectivity index (χ0v) is 17.3. The van der Waals surface area contributed by atoms with E-state index in [2.05, 4.69) is 9.98 Å². The Morgan fingerprint density at radius 2 is 1.97 bits per heavy atom. The summed E-state index contributed by atoms with van der Waals surface area (Å²) in [6.07, 6.45) is 5.83. The van der Waals surface area contributed by atoms with E-state index in [1.807, 2.05) is 0 Å². The summed E-state index contributed by atoms with van der Waals surface area (Å²) >= 11 is 11.9. The molecule has 3 aliphatic heterocycles. The Morgan fingerprint density at radius 1 is 1.20 bits per heavy atom. The Hall–Kier alpha value is -2.71. The van der Waals surface area contributed by atoms with E-state index in [9.17, 15) is 14.4 Å². The number of fused-ring (bicyclic) bond motifs is 1. The minimum Gasteiger partial charge on any atom is -0.482 e. The zero-order chi connectivity index (χ0) is 21.3. The third-order valence-corrected chi connectivity index (χ3v) is 5.75. The Balaban J connectivity index is 1.33. The van der Waals surface area contributed by atoms with Gasteiger partial charge in [-0.1, -0.05) is 29.3 Å². The summed E-state index contributed by atoms with van der Waals surface area (Å²) in [5.41, 5.74) is 0. The molecule has 1 saturated heterocycles. The molecular formula is C20H18Cl2N4O4. The Kier molecular flexibility index (Phi) is 5.87. The van der Waals surface area contributed by atoms with Crippen LogP contribution < -0.4 is 4.74 Å². The summed E-state index contributed by atoms with van der Waals surface area (Å²) in [7, 11) is 0. The molecule has 0 radical (unpaired) electrons. The fraction of sp³-hybridized carbons (Fsp3) is 0.350. The minimum atomic E-state index is -0.620. The number of imide groups is 1. The van der Waals surface area contributed by atoms with Crippen LogP contribution in [0.15, 0.2) is 40.3 Å². The van der Waals surface area contributed by atoms with Crippen molar-refractivity contribution in [3.8, 4) is 5.75 Å². The number of dihydropyridines is 1. The summed E-state index contributed by atoms with van der Waals surface area (Å²) in [5.74, 6) is -0.519. The average molecular weight is 449 g/mol. The number of hydrogen-bond acceptors (Lipinski definition) is 5. The average Bonchev–Trinajstić information content (AvgIpc) is 2.73. The molecule has 4 rings (SSSR count). The van der Waals surface area contributed by atoms with Crippen LogP contribution in [0.4, 0.5) is 4.79 Å². The smallest absolute Gasteiger partial charge is 0.352 e. The highest BCUT2D eigenvalue weighted by molar-refractivity contribution is 6.35. The van der Waals surface area contributed by atoms with Crippen LogP contribution in [0.25, 0.3) is 0 Å². The van der Waals surface area contributed by atoms with Crippen LogP contribution in [0.5, 0.6) is 5.75 Å². The number of amidine groups is 1. The zero-order valence-electron chi connectivity index (χ0n) is 15.8. The molecule has 1 fully saturated rings. The van der Waals surface area contributed by atoms with Crippen LogP contribution in [-0.2, 0) is 9.59 Å². The second kappa shape index (κ2) is 8.57. The number of halogens is 2. The molecular weight excluding hydrogens is 431 g/mol. The molecule has 0 aliphatic carbocycles. The molecule has 0 aromatic heterocycles. The molecule has 10 heteroatoms. The number of likely N-dealkylation sites (tertiary alicyclic amines) is 1. The Bertz CT molecular complexity index is 983. The van der Waals surface area contributed by atoms with Crippen LogP contribution in [0.1, 0.15) is 12.8 Å². The number of aliphatic imine (C=N–C) groups is 2. The molecule has 0 spiro atoms. The highest BCUT2D eigenvalue weighted by atomic mass is 35.5. The molecule has 0 bridgehead atoms. The van der Waals surface area contributed by atoms with Crippen molar-refractivity contribution in [1.82, 2.24) is 9.80 Å². The van der Waals surface area contributed by atoms with Crippen LogP contribution in [0.3, 0.4) is 0 Å². The number of benzene rings is 1. The second-order valence-electron chi connectivity index (χ2n) is 7.08. The van der Waals surface area contributed by atoms with Gasteiger partial charge in [0.1, 0.15) is 17.5 Å². The van der Waals surface area contributed by atoms with Crippen LogP contribution >= 0.6 is 23.2 Å². The van der Waals surface area contributed by atoms with Gasteiger partial charge in [0.05, 0.1) is 5.02 Å². The number of piperidine rings is 1. The van der Waals surface area contributed by atoms with Crippen molar-refractivity contribution in [2.75, 3.05) is 19.7 Å². The summed E-state index contributed by atoms with van der Waals surface area (Å²) in [5, 5.41) is 0.812. The third-order valence-electron chi connectivity index (χ3n) is 5.22. The molecule has 1 atom stereocenters. The van der Waals surface area contributed by atoms with Gasteiger partial charge in [0.2, 0.25) is 5.91 Å². The molecule has 1 aromatic carbocycles. The maximum absolute atomic E-state index is 12.8. The van der Waals surface area contributed by atoms with Crippen molar-refractivity contribution in [3.63, 3.8) is 0 Å². The van der Waals surface area contributed by atoms with Gasteiger partial charge in [-0.25, -0.2) is 9.79 Å². The maximum Gasteiger partial charge on any atom is 0.352 e. The van der Waals surface area contributed by atoms with Crippen LogP contribution in [0, 0.1) is 5.92 Å². The third kappa shape index (κ3) is 4.11. The summed E-state index contributed by atoms with van der Waals surface area (Å²) in [6.45, 7) is 0.660. The van der Waals surface area contributed by atoms with Gasteiger partial charge in [0.15, 0.2) is 6.61 Å². The van der Waals surface area contributed by atoms with E-state index in [-0.39, 0.29) is 30.3 Å². The van der Waals surface area contributed by atoms with Crippen LogP contribution in [-0.4, -0.2) is 65.4 Å². The summed E-state index contributed by atoms with van der Waals surface area (Å²) in [6, 6.07) is 3.89. The predicted octanol–water partition coefficient (Wildman–Crippen LogP) is 2.98. The van der Waals surface area contributed by atoms with Gasteiger partial charge in [0.25, 0.3) is 5.91 Å². The number of urea groups is 1. The van der Waals surface area contributed by atoms with E-state index in [1.54, 1.807) is 35.3 Å². The highest BCUT2D eigenvalue weighted by Crippen LogP contribution is 2.28. The van der Waals surface area contributed by atoms with Crippen molar-refractivity contribution in [3.05, 3.63) is 40.4 Å². The SMILES string of the molecule is O=C(COc1ccc(Cl)cc1Cl)N1CCC(N2C(=O)N=C3N=CC=CC3C2=O)CC1. The van der Waals surface area contributed by atoms with Crippen molar-refractivity contribution < 1.29 is 19.1 Å². The highest BCUT2D eigenvalue weighted by Gasteiger charge is 2.41. The second-order valence-corrected chi connectivity index (χ2v) is 7.92. The van der Waals surface area contributed by atoms with Gasteiger partial charge in [-0.05, 0) is 37.1 Å². The number of rotatable bonds is 4. The van der Waals surface area contributed by atoms with Gasteiger partial charge in [-0.3, -0.25) is 14.5 Å². The van der Waals surface area contributed by atoms with E-state index in [0.29, 0.717) is 41.7 Å². The Labute approximate surface area is 182 Å². The van der Waals surface area contributed by atoms with Gasteiger partial charge in [-0.15, -0.1) is 0 Å². The number of hydrogen-bond donors (Lipinski definition) is 0. The monoisotopic (exact) mass is 448 g/mol. The lowest BCUT2D eigenvalue weighted by Gasteiger charge is -2.39. The first-order valence-corrected chi connectivity index (χ1v) is 10.2. The van der Waals surface area contributed by atoms with Gasteiger partial charge in [0, 0.05) is 30.4 Å². The normalized spacial score (nSPS) is 21.5. The lowest BCUT2D eigenvalue weighted by Crippen LogP contribution is -2.55. The number of carbonyl (C=O) groups is 3. The molecule has 156 valence electrons. The number of allylic oxidation sites excluding steroid dienone is 1. The Morgan fingerprint density at radius 3 is 2.70 bits per heavy atom. The predicted molar refractivity (Wildman–Crippen MR) is 112 cm³/mol. The lowest BCUT2D eigenvalue weighted by molar-refractivity contribution is -0.136. The standard InChI is InChI=1S/C20H18Cl2N4O4/c21-12-3-4-16(15(22)10-12)30-11-17(27)25-8-5-13(6-9-25)26-19(28)14-2-1-7-23-18(14)24-20(26)29/h1-4,7,10,13-14H,5-6,8-9,11H2. The largest absolute Gasteiger partial charge is 0.482 e. The molecule has 0 N–H and O–H groups in total. The minimum absolute atomic E-state index is 0.161. The first kappa shape index (κ1) is 20.6. The molecule has 3 aliphatic rings. The number of nitrogens with zero attached hydrogens (tertiary/aromatic N) is 4. The number of amides is 4. The topological polar surface area (TPSA) is 91.6 Å². The van der Waals surface area contributed by atoms with E-state index in [0.717, 1.165) is 0 Å². The number of ether oxygens (including phenoxy) is 1. The first-order valence-electron chi connectivity index (χ1n) is 9.46. The molecule has 0 saturated carbocycles. The van der Waals surface area contributed by atoms with Gasteiger partial charge in [-0.2, -0.15) is 4.99 Å². The fourth-order valence-corrected chi connectivity index (χ4v) is 4.13. The maximum atomic E-state index is 12.8. The van der Waals surface area contributed by atoms with Gasteiger partial charge >= 0.3 is 6.03 Å². The van der Waals surface area contributed by atoms with E-state index in [1.165, 1.54) is 11.1 Å². The number of carbonyl (C=O) groups excluding carboxylic acids is 3. The van der Waals surface area contributed by atoms with Crippen molar-refractivity contribution >= 4 is 53.1 Å². The molecule has 3 heterocycles. The van der Waals surface area contributed by atoms with Crippen molar-refractivity contribution in [2.24, 2.45) is 15.9 Å². The molecule has 4 amide bonds. The summed E-state index contributed by atoms with van der Waals surface area (Å²) in [4.78, 5) is 48.5. The molecule has 8 nitrogen and oxygen atoms in total. The van der Waals surface area contributed by atoms with Crippen molar-refractivity contribution in [1.29, 1.82) is 0 Å².